The van der Waals surface area contributed by atoms with Crippen molar-refractivity contribution in [1.82, 2.24) is 0 Å². The first-order valence-electron chi connectivity index (χ1n) is 8.74. The van der Waals surface area contributed by atoms with Gasteiger partial charge in [0, 0.05) is 0 Å². The van der Waals surface area contributed by atoms with Gasteiger partial charge >= 0.3 is 25.8 Å². The summed E-state index contributed by atoms with van der Waals surface area (Å²) in [5.41, 5.74) is 2.41. The fraction of sp³-hybridized carbons (Fsp3) is 0.400. The van der Waals surface area contributed by atoms with E-state index in [2.05, 4.69) is 53.7 Å². The van der Waals surface area contributed by atoms with Gasteiger partial charge in [0.15, 0.2) is 0 Å². The van der Waals surface area contributed by atoms with Gasteiger partial charge in [-0.15, -0.1) is 0 Å². The molecule has 4 nitrogen and oxygen atoms in total. The maximum atomic E-state index is 6.00. The quantitative estimate of drug-likeness (QED) is 0.684. The molecule has 2 heterocycles. The van der Waals surface area contributed by atoms with E-state index in [-0.39, 0.29) is 29.7 Å². The fourth-order valence-corrected chi connectivity index (χ4v) is 3.09. The molecule has 0 saturated carbocycles. The number of fused-ring (bicyclic) bond motifs is 2. The Morgan fingerprint density at radius 2 is 0.923 bits per heavy atom. The van der Waals surface area contributed by atoms with Crippen molar-refractivity contribution >= 4 is 6.96 Å². The Balaban J connectivity index is 0.00000196. The molecule has 0 saturated heterocycles. The molecule has 0 atom stereocenters. The summed E-state index contributed by atoms with van der Waals surface area (Å²) in [6.07, 6.45) is 0. The molecular weight excluding hydrogens is 322 g/mol. The Kier molecular flexibility index (Phi) is 4.33. The van der Waals surface area contributed by atoms with Crippen LogP contribution in [-0.2, 0) is 10.8 Å². The second-order valence-electron chi connectivity index (χ2n) is 8.87. The summed E-state index contributed by atoms with van der Waals surface area (Å²) in [4.78, 5) is 0. The molecule has 0 aromatic heterocycles. The molecular formula is C20H24BLiO4. The number of hydrogen-bond acceptors (Lipinski definition) is 4. The van der Waals surface area contributed by atoms with E-state index >= 15 is 0 Å². The van der Waals surface area contributed by atoms with Gasteiger partial charge in [0.1, 0.15) is 23.0 Å². The summed E-state index contributed by atoms with van der Waals surface area (Å²) in [7, 11) is 0. The Morgan fingerprint density at radius 3 is 1.27 bits per heavy atom. The van der Waals surface area contributed by atoms with Crippen molar-refractivity contribution in [1.29, 1.82) is 0 Å². The van der Waals surface area contributed by atoms with Crippen LogP contribution in [0.15, 0.2) is 36.4 Å². The maximum absolute atomic E-state index is 6.00. The molecule has 1 spiro atoms. The zero-order valence-corrected chi connectivity index (χ0v) is 16.7. The van der Waals surface area contributed by atoms with Gasteiger partial charge in [0.2, 0.25) is 0 Å². The third-order valence-electron chi connectivity index (χ3n) is 4.70. The molecule has 0 N–H and O–H groups in total. The van der Waals surface area contributed by atoms with Gasteiger partial charge in [0.25, 0.3) is 0 Å². The molecule has 0 radical (unpaired) electrons. The molecule has 132 valence electrons. The number of hydrogen-bond donors (Lipinski definition) is 0. The van der Waals surface area contributed by atoms with Crippen LogP contribution in [0.2, 0.25) is 0 Å². The van der Waals surface area contributed by atoms with Crippen LogP contribution in [0.3, 0.4) is 0 Å². The van der Waals surface area contributed by atoms with Crippen LogP contribution < -0.4 is 37.5 Å². The summed E-state index contributed by atoms with van der Waals surface area (Å²) in [6.45, 7) is 10.7. The minimum Gasteiger partial charge on any atom is -0.609 e. The summed E-state index contributed by atoms with van der Waals surface area (Å²) < 4.78 is 23.8. The second kappa shape index (κ2) is 5.91. The van der Waals surface area contributed by atoms with Gasteiger partial charge in [-0.2, -0.15) is 0 Å². The van der Waals surface area contributed by atoms with Crippen LogP contribution in [0, 0.1) is 0 Å². The van der Waals surface area contributed by atoms with Gasteiger partial charge in [0.05, 0.1) is 0 Å². The summed E-state index contributed by atoms with van der Waals surface area (Å²) in [5.74, 6) is 2.63. The zero-order chi connectivity index (χ0) is 18.0. The first kappa shape index (κ1) is 19.1. The van der Waals surface area contributed by atoms with Crippen molar-refractivity contribution in [2.45, 2.75) is 52.4 Å². The molecule has 2 aromatic rings. The molecule has 0 fully saturated rings. The summed E-state index contributed by atoms with van der Waals surface area (Å²) >= 11 is 0. The van der Waals surface area contributed by atoms with Gasteiger partial charge in [-0.1, -0.05) is 53.7 Å². The molecule has 2 aliphatic heterocycles. The van der Waals surface area contributed by atoms with Crippen LogP contribution in [0.4, 0.5) is 0 Å². The van der Waals surface area contributed by atoms with Crippen molar-refractivity contribution in [3.05, 3.63) is 47.5 Å². The predicted molar refractivity (Wildman–Crippen MR) is 98.6 cm³/mol. The fourth-order valence-electron chi connectivity index (χ4n) is 3.09. The van der Waals surface area contributed by atoms with Crippen molar-refractivity contribution in [2.24, 2.45) is 0 Å². The Hall–Kier alpha value is -1.70. The standard InChI is InChI=1S/C20H24BO4.Li/c1-19(2,3)13-7-9-15-17(11-13)24-21(22-15)23-16-10-8-14(20(4,5)6)12-18(16)25-21;/h7-12H,1-6H3;/q-1;+1. The summed E-state index contributed by atoms with van der Waals surface area (Å²) in [6, 6.07) is 11.9. The van der Waals surface area contributed by atoms with E-state index in [1.807, 2.05) is 24.3 Å². The molecule has 0 amide bonds. The van der Waals surface area contributed by atoms with E-state index in [9.17, 15) is 0 Å². The molecule has 0 bridgehead atoms. The molecule has 2 aromatic carbocycles. The van der Waals surface area contributed by atoms with E-state index in [1.54, 1.807) is 0 Å². The predicted octanol–water partition coefficient (Wildman–Crippen LogP) is 1.96. The number of benzene rings is 2. The molecule has 4 rings (SSSR count). The van der Waals surface area contributed by atoms with E-state index in [4.69, 9.17) is 18.6 Å². The van der Waals surface area contributed by atoms with E-state index in [1.165, 1.54) is 11.1 Å². The second-order valence-corrected chi connectivity index (χ2v) is 8.87. The van der Waals surface area contributed by atoms with Gasteiger partial charge in [-0.05, 0) is 46.2 Å². The Bertz CT molecular complexity index is 780. The Morgan fingerprint density at radius 1 is 0.577 bits per heavy atom. The zero-order valence-electron chi connectivity index (χ0n) is 16.7. The van der Waals surface area contributed by atoms with Crippen molar-refractivity contribution in [2.75, 3.05) is 0 Å². The third-order valence-corrected chi connectivity index (χ3v) is 4.70. The van der Waals surface area contributed by atoms with Crippen LogP contribution in [0.25, 0.3) is 0 Å². The van der Waals surface area contributed by atoms with Gasteiger partial charge < -0.3 is 18.6 Å². The minimum atomic E-state index is -2.32. The molecule has 0 aliphatic carbocycles. The largest absolute Gasteiger partial charge is 1.00 e. The normalized spacial score (nSPS) is 16.5. The smallest absolute Gasteiger partial charge is 0.609 e. The van der Waals surface area contributed by atoms with E-state index < -0.39 is 6.96 Å². The summed E-state index contributed by atoms with van der Waals surface area (Å²) in [5, 5.41) is 0. The molecule has 2 aliphatic rings. The molecule has 26 heavy (non-hydrogen) atoms. The first-order chi connectivity index (χ1) is 11.6. The van der Waals surface area contributed by atoms with E-state index in [0.29, 0.717) is 23.0 Å². The monoisotopic (exact) mass is 346 g/mol. The first-order valence-corrected chi connectivity index (χ1v) is 8.74. The molecule has 6 heteroatoms. The van der Waals surface area contributed by atoms with Crippen molar-refractivity contribution in [3.8, 4) is 23.0 Å². The van der Waals surface area contributed by atoms with Crippen LogP contribution in [0.5, 0.6) is 23.0 Å². The van der Waals surface area contributed by atoms with Gasteiger partial charge in [-0.25, -0.2) is 0 Å². The van der Waals surface area contributed by atoms with Crippen LogP contribution >= 0.6 is 0 Å². The topological polar surface area (TPSA) is 36.9 Å². The Labute approximate surface area is 167 Å². The molecule has 0 unspecified atom stereocenters. The third kappa shape index (κ3) is 3.19. The maximum Gasteiger partial charge on any atom is 1.00 e. The van der Waals surface area contributed by atoms with Crippen LogP contribution in [0.1, 0.15) is 52.7 Å². The average molecular weight is 346 g/mol. The van der Waals surface area contributed by atoms with E-state index in [0.717, 1.165) is 0 Å². The van der Waals surface area contributed by atoms with Crippen molar-refractivity contribution in [3.63, 3.8) is 0 Å². The average Bonchev–Trinajstić information content (AvgIpc) is 3.01. The minimum absolute atomic E-state index is 0. The van der Waals surface area contributed by atoms with Crippen molar-refractivity contribution < 1.29 is 37.5 Å². The number of rotatable bonds is 0. The SMILES string of the molecule is CC(C)(C)c1ccc2c(c1)O[B-]1(O2)Oc2ccc(C(C)(C)C)cc2O1.[Li+]. The van der Waals surface area contributed by atoms with Crippen LogP contribution in [-0.4, -0.2) is 6.96 Å². The van der Waals surface area contributed by atoms with Gasteiger partial charge in [-0.3, -0.25) is 0 Å².